The number of hydrogen-bond acceptors (Lipinski definition) is 6. The lowest BCUT2D eigenvalue weighted by Crippen LogP contribution is -2.22. The molecule has 0 radical (unpaired) electrons. The van der Waals surface area contributed by atoms with Crippen LogP contribution in [0.15, 0.2) is 28.8 Å². The van der Waals surface area contributed by atoms with E-state index in [0.29, 0.717) is 11.7 Å². The molecule has 0 bridgehead atoms. The Morgan fingerprint density at radius 2 is 2.12 bits per heavy atom. The molecule has 136 valence electrons. The van der Waals surface area contributed by atoms with Crippen molar-refractivity contribution in [2.75, 3.05) is 7.11 Å². The Morgan fingerprint density at radius 1 is 1.27 bits per heavy atom. The molecule has 1 aromatic carbocycles. The molecule has 2 aromatic heterocycles. The molecule has 3 aromatic rings. The second-order valence-electron chi connectivity index (χ2n) is 7.33. The highest BCUT2D eigenvalue weighted by molar-refractivity contribution is 5.56. The summed E-state index contributed by atoms with van der Waals surface area (Å²) in [4.78, 5) is 4.59. The molecule has 4 rings (SSSR count). The van der Waals surface area contributed by atoms with E-state index < -0.39 is 5.60 Å². The van der Waals surface area contributed by atoms with E-state index in [2.05, 4.69) is 50.0 Å². The summed E-state index contributed by atoms with van der Waals surface area (Å²) in [5, 5.41) is 12.9. The molecule has 1 aliphatic heterocycles. The zero-order valence-electron chi connectivity index (χ0n) is 15.6. The first kappa shape index (κ1) is 16.9. The third kappa shape index (κ3) is 2.92. The molecule has 26 heavy (non-hydrogen) atoms. The van der Waals surface area contributed by atoms with E-state index in [9.17, 15) is 0 Å². The van der Waals surface area contributed by atoms with Crippen LogP contribution >= 0.6 is 0 Å². The SMILES string of the molecule is COC(C)(C)c1noc(C2CCc3nnc(-c4cccc(C)c4)n3C2)n1. The molecule has 0 spiro atoms. The summed E-state index contributed by atoms with van der Waals surface area (Å²) < 4.78 is 13.2. The van der Waals surface area contributed by atoms with Gasteiger partial charge in [-0.15, -0.1) is 10.2 Å². The molecule has 0 N–H and O–H groups in total. The maximum absolute atomic E-state index is 5.55. The normalized spacial score (nSPS) is 17.3. The summed E-state index contributed by atoms with van der Waals surface area (Å²) in [6.07, 6.45) is 1.76. The van der Waals surface area contributed by atoms with E-state index >= 15 is 0 Å². The Bertz CT molecular complexity index is 928. The number of methoxy groups -OCH3 is 1. The number of aromatic nitrogens is 5. The van der Waals surface area contributed by atoms with Gasteiger partial charge in [0.2, 0.25) is 11.7 Å². The summed E-state index contributed by atoms with van der Waals surface area (Å²) in [5.41, 5.74) is 1.72. The molecule has 1 aliphatic rings. The third-order valence-electron chi connectivity index (χ3n) is 5.06. The highest BCUT2D eigenvalue weighted by Crippen LogP contribution is 2.32. The smallest absolute Gasteiger partial charge is 0.231 e. The van der Waals surface area contributed by atoms with Gasteiger partial charge in [-0.25, -0.2) is 0 Å². The van der Waals surface area contributed by atoms with Crippen molar-refractivity contribution in [3.05, 3.63) is 47.4 Å². The van der Waals surface area contributed by atoms with Gasteiger partial charge in [-0.3, -0.25) is 0 Å². The minimum Gasteiger partial charge on any atom is -0.371 e. The predicted molar refractivity (Wildman–Crippen MR) is 95.6 cm³/mol. The molecule has 0 saturated carbocycles. The molecule has 0 fully saturated rings. The molecule has 1 atom stereocenters. The first-order valence-electron chi connectivity index (χ1n) is 8.86. The molecular formula is C19H23N5O2. The van der Waals surface area contributed by atoms with Crippen molar-refractivity contribution in [2.45, 2.75) is 51.7 Å². The zero-order valence-corrected chi connectivity index (χ0v) is 15.6. The van der Waals surface area contributed by atoms with Crippen LogP contribution in [0.4, 0.5) is 0 Å². The molecule has 1 unspecified atom stereocenters. The Kier molecular flexibility index (Phi) is 4.11. The van der Waals surface area contributed by atoms with Gasteiger partial charge in [0.15, 0.2) is 5.82 Å². The minimum atomic E-state index is -0.565. The number of aryl methyl sites for hydroxylation is 2. The predicted octanol–water partition coefficient (Wildman–Crippen LogP) is 3.25. The van der Waals surface area contributed by atoms with Gasteiger partial charge in [0.25, 0.3) is 0 Å². The fraction of sp³-hybridized carbons (Fsp3) is 0.474. The molecule has 0 saturated heterocycles. The Hall–Kier alpha value is -2.54. The number of benzene rings is 1. The van der Waals surface area contributed by atoms with Crippen LogP contribution in [0, 0.1) is 6.92 Å². The Morgan fingerprint density at radius 3 is 2.88 bits per heavy atom. The lowest BCUT2D eigenvalue weighted by molar-refractivity contribution is 0.00973. The molecule has 7 nitrogen and oxygen atoms in total. The monoisotopic (exact) mass is 353 g/mol. The van der Waals surface area contributed by atoms with Crippen LogP contribution in [0.25, 0.3) is 11.4 Å². The summed E-state index contributed by atoms with van der Waals surface area (Å²) in [5.74, 6) is 3.28. The van der Waals surface area contributed by atoms with E-state index in [1.165, 1.54) is 5.56 Å². The standard InChI is InChI=1S/C19H23N5O2/c1-12-6-5-7-13(10-12)16-22-21-15-9-8-14(11-24(15)16)17-20-18(23-26-17)19(2,3)25-4/h5-7,10,14H,8-9,11H2,1-4H3. The number of nitrogens with zero attached hydrogens (tertiary/aromatic N) is 5. The highest BCUT2D eigenvalue weighted by Gasteiger charge is 2.31. The molecule has 0 aliphatic carbocycles. The van der Waals surface area contributed by atoms with Crippen molar-refractivity contribution in [3.63, 3.8) is 0 Å². The average Bonchev–Trinajstić information content (AvgIpc) is 3.29. The summed E-state index contributed by atoms with van der Waals surface area (Å²) in [6, 6.07) is 8.33. The van der Waals surface area contributed by atoms with Crippen LogP contribution in [-0.2, 0) is 23.3 Å². The zero-order chi connectivity index (χ0) is 18.3. The van der Waals surface area contributed by atoms with Crippen molar-refractivity contribution in [2.24, 2.45) is 0 Å². The van der Waals surface area contributed by atoms with Crippen molar-refractivity contribution >= 4 is 0 Å². The summed E-state index contributed by atoms with van der Waals surface area (Å²) in [7, 11) is 1.65. The van der Waals surface area contributed by atoms with Gasteiger partial charge < -0.3 is 13.8 Å². The third-order valence-corrected chi connectivity index (χ3v) is 5.06. The van der Waals surface area contributed by atoms with Gasteiger partial charge in [0.1, 0.15) is 11.4 Å². The van der Waals surface area contributed by atoms with Gasteiger partial charge >= 0.3 is 0 Å². The van der Waals surface area contributed by atoms with Crippen molar-refractivity contribution in [1.29, 1.82) is 0 Å². The molecule has 7 heteroatoms. The minimum absolute atomic E-state index is 0.149. The average molecular weight is 353 g/mol. The van der Waals surface area contributed by atoms with Crippen molar-refractivity contribution in [1.82, 2.24) is 24.9 Å². The van der Waals surface area contributed by atoms with Crippen LogP contribution in [-0.4, -0.2) is 32.0 Å². The van der Waals surface area contributed by atoms with E-state index in [-0.39, 0.29) is 5.92 Å². The van der Waals surface area contributed by atoms with E-state index in [0.717, 1.165) is 36.6 Å². The first-order chi connectivity index (χ1) is 12.5. The van der Waals surface area contributed by atoms with E-state index in [1.54, 1.807) is 7.11 Å². The van der Waals surface area contributed by atoms with Gasteiger partial charge in [-0.2, -0.15) is 4.98 Å². The van der Waals surface area contributed by atoms with Gasteiger partial charge in [-0.1, -0.05) is 28.9 Å². The summed E-state index contributed by atoms with van der Waals surface area (Å²) in [6.45, 7) is 6.67. The van der Waals surface area contributed by atoms with Crippen LogP contribution < -0.4 is 0 Å². The van der Waals surface area contributed by atoms with E-state index in [4.69, 9.17) is 9.26 Å². The lowest BCUT2D eigenvalue weighted by Gasteiger charge is -2.22. The fourth-order valence-corrected chi connectivity index (χ4v) is 3.26. The van der Waals surface area contributed by atoms with E-state index in [1.807, 2.05) is 19.9 Å². The number of fused-ring (bicyclic) bond motifs is 1. The Labute approximate surface area is 152 Å². The number of rotatable bonds is 4. The van der Waals surface area contributed by atoms with Gasteiger partial charge in [0, 0.05) is 25.6 Å². The first-order valence-corrected chi connectivity index (χ1v) is 8.86. The molecule has 3 heterocycles. The molecular weight excluding hydrogens is 330 g/mol. The second-order valence-corrected chi connectivity index (χ2v) is 7.33. The fourth-order valence-electron chi connectivity index (χ4n) is 3.26. The topological polar surface area (TPSA) is 78.9 Å². The maximum Gasteiger partial charge on any atom is 0.231 e. The maximum atomic E-state index is 5.55. The van der Waals surface area contributed by atoms with Gasteiger partial charge in [0.05, 0.1) is 5.92 Å². The van der Waals surface area contributed by atoms with Crippen LogP contribution in [0.5, 0.6) is 0 Å². The van der Waals surface area contributed by atoms with Crippen molar-refractivity contribution in [3.8, 4) is 11.4 Å². The number of hydrogen-bond donors (Lipinski definition) is 0. The Balaban J connectivity index is 1.63. The lowest BCUT2D eigenvalue weighted by atomic mass is 9.98. The van der Waals surface area contributed by atoms with Crippen LogP contribution in [0.2, 0.25) is 0 Å². The van der Waals surface area contributed by atoms with Gasteiger partial charge in [-0.05, 0) is 33.3 Å². The second kappa shape index (κ2) is 6.32. The van der Waals surface area contributed by atoms with Crippen LogP contribution in [0.1, 0.15) is 49.3 Å². The highest BCUT2D eigenvalue weighted by atomic mass is 16.5. The van der Waals surface area contributed by atoms with Crippen LogP contribution in [0.3, 0.4) is 0 Å². The van der Waals surface area contributed by atoms with Crippen molar-refractivity contribution < 1.29 is 9.26 Å². The molecule has 0 amide bonds. The summed E-state index contributed by atoms with van der Waals surface area (Å²) >= 11 is 0. The number of ether oxygens (including phenoxy) is 1. The largest absolute Gasteiger partial charge is 0.371 e. The quantitative estimate of drug-likeness (QED) is 0.716.